The average molecular weight is 298 g/mol. The van der Waals surface area contributed by atoms with Gasteiger partial charge in [-0.25, -0.2) is 4.98 Å². The van der Waals surface area contributed by atoms with Crippen LogP contribution in [0.2, 0.25) is 5.15 Å². The summed E-state index contributed by atoms with van der Waals surface area (Å²) < 4.78 is 0. The monoisotopic (exact) mass is 297 g/mol. The Labute approximate surface area is 124 Å². The van der Waals surface area contributed by atoms with Crippen LogP contribution in [-0.2, 0) is 0 Å². The SMILES string of the molecule is CC(C)C1CCCN(c2nc(Cl)ccc2[N+](=O)[O-])CC1. The van der Waals surface area contributed by atoms with E-state index >= 15 is 0 Å². The summed E-state index contributed by atoms with van der Waals surface area (Å²) in [5.41, 5.74) is 0.0393. The number of anilines is 1. The van der Waals surface area contributed by atoms with Crippen LogP contribution in [0, 0.1) is 22.0 Å². The van der Waals surface area contributed by atoms with Crippen LogP contribution in [0.4, 0.5) is 11.5 Å². The molecule has 5 nitrogen and oxygen atoms in total. The van der Waals surface area contributed by atoms with E-state index < -0.39 is 0 Å². The first-order chi connectivity index (χ1) is 9.49. The molecule has 0 bridgehead atoms. The summed E-state index contributed by atoms with van der Waals surface area (Å²) in [5.74, 6) is 1.74. The summed E-state index contributed by atoms with van der Waals surface area (Å²) in [4.78, 5) is 16.9. The van der Waals surface area contributed by atoms with Gasteiger partial charge in [-0.1, -0.05) is 25.4 Å². The number of halogens is 1. The number of nitro groups is 1. The first-order valence-electron chi connectivity index (χ1n) is 7.05. The van der Waals surface area contributed by atoms with Crippen LogP contribution < -0.4 is 4.90 Å². The second kappa shape index (κ2) is 6.39. The van der Waals surface area contributed by atoms with Gasteiger partial charge in [-0.15, -0.1) is 0 Å². The van der Waals surface area contributed by atoms with E-state index in [1.807, 2.05) is 4.90 Å². The Morgan fingerprint density at radius 3 is 2.80 bits per heavy atom. The molecule has 0 spiro atoms. The number of aromatic nitrogens is 1. The van der Waals surface area contributed by atoms with E-state index in [9.17, 15) is 10.1 Å². The predicted octanol–water partition coefficient (Wildman–Crippen LogP) is 3.91. The Bertz CT molecular complexity index is 493. The molecule has 0 N–H and O–H groups in total. The molecule has 0 amide bonds. The van der Waals surface area contributed by atoms with Gasteiger partial charge in [-0.2, -0.15) is 0 Å². The zero-order valence-electron chi connectivity index (χ0n) is 11.9. The third-order valence-electron chi connectivity index (χ3n) is 4.03. The van der Waals surface area contributed by atoms with E-state index in [-0.39, 0.29) is 10.6 Å². The van der Waals surface area contributed by atoms with Crippen LogP contribution in [0.3, 0.4) is 0 Å². The molecule has 1 saturated heterocycles. The Kier molecular flexibility index (Phi) is 4.81. The molecule has 1 aromatic heterocycles. The van der Waals surface area contributed by atoms with Crippen LogP contribution in [0.5, 0.6) is 0 Å². The fraction of sp³-hybridized carbons (Fsp3) is 0.643. The maximum Gasteiger partial charge on any atom is 0.311 e. The quantitative estimate of drug-likeness (QED) is 0.482. The first kappa shape index (κ1) is 15.0. The van der Waals surface area contributed by atoms with Crippen LogP contribution in [0.15, 0.2) is 12.1 Å². The third-order valence-corrected chi connectivity index (χ3v) is 4.24. The summed E-state index contributed by atoms with van der Waals surface area (Å²) >= 11 is 5.90. The summed E-state index contributed by atoms with van der Waals surface area (Å²) in [7, 11) is 0. The van der Waals surface area contributed by atoms with E-state index in [2.05, 4.69) is 18.8 Å². The number of hydrogen-bond donors (Lipinski definition) is 0. The Hall–Kier alpha value is -1.36. The van der Waals surface area contributed by atoms with Crippen molar-refractivity contribution in [2.45, 2.75) is 33.1 Å². The topological polar surface area (TPSA) is 59.3 Å². The van der Waals surface area contributed by atoms with Crippen molar-refractivity contribution < 1.29 is 4.92 Å². The molecule has 110 valence electrons. The minimum absolute atomic E-state index is 0.0393. The maximum absolute atomic E-state index is 11.1. The van der Waals surface area contributed by atoms with Crippen molar-refractivity contribution >= 4 is 23.1 Å². The van der Waals surface area contributed by atoms with Gasteiger partial charge in [0.1, 0.15) is 5.15 Å². The smallest absolute Gasteiger partial charge is 0.311 e. The maximum atomic E-state index is 11.1. The van der Waals surface area contributed by atoms with Crippen LogP contribution in [-0.4, -0.2) is 23.0 Å². The van der Waals surface area contributed by atoms with E-state index in [4.69, 9.17) is 11.6 Å². The predicted molar refractivity (Wildman–Crippen MR) is 80.3 cm³/mol. The molecule has 0 radical (unpaired) electrons. The van der Waals surface area contributed by atoms with Crippen LogP contribution in [0.25, 0.3) is 0 Å². The molecule has 0 aliphatic carbocycles. The lowest BCUT2D eigenvalue weighted by Gasteiger charge is -2.22. The molecule has 20 heavy (non-hydrogen) atoms. The molecule has 1 aliphatic rings. The highest BCUT2D eigenvalue weighted by atomic mass is 35.5. The molecular weight excluding hydrogens is 278 g/mol. The van der Waals surface area contributed by atoms with Crippen molar-refractivity contribution in [2.75, 3.05) is 18.0 Å². The zero-order valence-corrected chi connectivity index (χ0v) is 12.6. The second-order valence-corrected chi connectivity index (χ2v) is 6.04. The third kappa shape index (κ3) is 3.39. The van der Waals surface area contributed by atoms with Crippen molar-refractivity contribution in [3.8, 4) is 0 Å². The summed E-state index contributed by atoms with van der Waals surface area (Å²) in [6.07, 6.45) is 3.25. The van der Waals surface area contributed by atoms with Crippen molar-refractivity contribution in [1.82, 2.24) is 4.98 Å². The highest BCUT2D eigenvalue weighted by Gasteiger charge is 2.25. The fourth-order valence-electron chi connectivity index (χ4n) is 2.79. The Balaban J connectivity index is 2.23. The van der Waals surface area contributed by atoms with Gasteiger partial charge in [0.25, 0.3) is 0 Å². The fourth-order valence-corrected chi connectivity index (χ4v) is 2.94. The molecule has 6 heteroatoms. The van der Waals surface area contributed by atoms with Crippen LogP contribution in [0.1, 0.15) is 33.1 Å². The first-order valence-corrected chi connectivity index (χ1v) is 7.42. The summed E-state index contributed by atoms with van der Waals surface area (Å²) in [5, 5.41) is 11.4. The van der Waals surface area contributed by atoms with Gasteiger partial charge in [0, 0.05) is 19.2 Å². The van der Waals surface area contributed by atoms with Gasteiger partial charge in [-0.3, -0.25) is 10.1 Å². The van der Waals surface area contributed by atoms with Gasteiger partial charge in [0.2, 0.25) is 5.82 Å². The number of rotatable bonds is 3. The molecule has 1 atom stereocenters. The molecule has 0 saturated carbocycles. The van der Waals surface area contributed by atoms with E-state index in [0.29, 0.717) is 22.8 Å². The van der Waals surface area contributed by atoms with Gasteiger partial charge in [-0.05, 0) is 37.2 Å². The van der Waals surface area contributed by atoms with Gasteiger partial charge >= 0.3 is 5.69 Å². The molecule has 1 aromatic rings. The minimum Gasteiger partial charge on any atom is -0.351 e. The largest absolute Gasteiger partial charge is 0.351 e. The highest BCUT2D eigenvalue weighted by molar-refractivity contribution is 6.29. The molecule has 1 aliphatic heterocycles. The molecule has 2 heterocycles. The van der Waals surface area contributed by atoms with E-state index in [1.54, 1.807) is 0 Å². The van der Waals surface area contributed by atoms with E-state index in [1.165, 1.54) is 18.6 Å². The van der Waals surface area contributed by atoms with Gasteiger partial charge < -0.3 is 4.90 Å². The average Bonchev–Trinajstić information content (AvgIpc) is 2.63. The lowest BCUT2D eigenvalue weighted by atomic mass is 9.89. The lowest BCUT2D eigenvalue weighted by molar-refractivity contribution is -0.384. The number of nitrogens with zero attached hydrogens (tertiary/aromatic N) is 3. The van der Waals surface area contributed by atoms with Crippen molar-refractivity contribution in [1.29, 1.82) is 0 Å². The Morgan fingerprint density at radius 1 is 1.40 bits per heavy atom. The van der Waals surface area contributed by atoms with Crippen LogP contribution >= 0.6 is 11.6 Å². The van der Waals surface area contributed by atoms with Crippen molar-refractivity contribution in [2.24, 2.45) is 11.8 Å². The normalized spacial score (nSPS) is 20.0. The van der Waals surface area contributed by atoms with Crippen molar-refractivity contribution in [3.63, 3.8) is 0 Å². The molecular formula is C14H20ClN3O2. The standard InChI is InChI=1S/C14H20ClN3O2/c1-10(2)11-4-3-8-17(9-7-11)14-12(18(19)20)5-6-13(15)16-14/h5-6,10-11H,3-4,7-9H2,1-2H3. The zero-order chi connectivity index (χ0) is 14.7. The van der Waals surface area contributed by atoms with E-state index in [0.717, 1.165) is 25.9 Å². The molecule has 2 rings (SSSR count). The summed E-state index contributed by atoms with van der Waals surface area (Å²) in [6.45, 7) is 6.08. The lowest BCUT2D eigenvalue weighted by Crippen LogP contribution is -2.26. The number of pyridine rings is 1. The second-order valence-electron chi connectivity index (χ2n) is 5.66. The number of hydrogen-bond acceptors (Lipinski definition) is 4. The molecule has 1 fully saturated rings. The minimum atomic E-state index is -0.385. The molecule has 1 unspecified atom stereocenters. The summed E-state index contributed by atoms with van der Waals surface area (Å²) in [6, 6.07) is 2.91. The Morgan fingerprint density at radius 2 is 2.15 bits per heavy atom. The van der Waals surface area contributed by atoms with Gasteiger partial charge in [0.15, 0.2) is 0 Å². The molecule has 0 aromatic carbocycles. The highest BCUT2D eigenvalue weighted by Crippen LogP contribution is 2.32. The van der Waals surface area contributed by atoms with Gasteiger partial charge in [0.05, 0.1) is 4.92 Å². The van der Waals surface area contributed by atoms with Crippen molar-refractivity contribution in [3.05, 3.63) is 27.4 Å².